The van der Waals surface area contributed by atoms with Crippen molar-refractivity contribution in [1.82, 2.24) is 14.8 Å². The molecule has 1 aromatic carbocycles. The summed E-state index contributed by atoms with van der Waals surface area (Å²) in [6.45, 7) is 0. The van der Waals surface area contributed by atoms with Crippen LogP contribution >= 0.6 is 0 Å². The number of nitrogens with zero attached hydrogens (tertiary/aromatic N) is 3. The van der Waals surface area contributed by atoms with Crippen molar-refractivity contribution in [3.05, 3.63) is 36.0 Å². The molecule has 0 fully saturated rings. The second-order valence-corrected chi connectivity index (χ2v) is 3.85. The van der Waals surface area contributed by atoms with Crippen molar-refractivity contribution in [2.45, 2.75) is 0 Å². The first kappa shape index (κ1) is 10.5. The number of rotatable bonds is 2. The van der Waals surface area contributed by atoms with Crippen LogP contribution in [0.25, 0.3) is 22.7 Å². The molecule has 0 aliphatic rings. The molecule has 0 amide bonds. The Balaban J connectivity index is 2.17. The van der Waals surface area contributed by atoms with E-state index >= 15 is 0 Å². The maximum absolute atomic E-state index is 10.9. The number of aromatic nitrogens is 3. The highest BCUT2D eigenvalue weighted by Crippen LogP contribution is 2.24. The fraction of sp³-hybridized carbons (Fsp3) is 0.0833. The Morgan fingerprint density at radius 3 is 2.89 bits per heavy atom. The fourth-order valence-corrected chi connectivity index (χ4v) is 1.75. The van der Waals surface area contributed by atoms with Crippen LogP contribution in [0.4, 0.5) is 0 Å². The van der Waals surface area contributed by atoms with Crippen LogP contribution in [0, 0.1) is 0 Å². The number of benzene rings is 1. The summed E-state index contributed by atoms with van der Waals surface area (Å²) in [5, 5.41) is 12.9. The molecule has 0 aliphatic carbocycles. The first-order valence-electron chi connectivity index (χ1n) is 5.27. The summed E-state index contributed by atoms with van der Waals surface area (Å²) in [6, 6.07) is 6.37. The molecule has 0 atom stereocenters. The maximum atomic E-state index is 10.9. The molecule has 6 nitrogen and oxygen atoms in total. The van der Waals surface area contributed by atoms with Gasteiger partial charge in [0.25, 0.3) is 0 Å². The summed E-state index contributed by atoms with van der Waals surface area (Å²) in [6.07, 6.45) is 1.65. The summed E-state index contributed by atoms with van der Waals surface area (Å²) >= 11 is 0. The van der Waals surface area contributed by atoms with Crippen LogP contribution in [-0.2, 0) is 7.05 Å². The largest absolute Gasteiger partial charge is 0.478 e. The normalized spacial score (nSPS) is 10.9. The molecule has 3 rings (SSSR count). The van der Waals surface area contributed by atoms with Crippen LogP contribution in [0.15, 0.2) is 34.9 Å². The van der Waals surface area contributed by atoms with Crippen molar-refractivity contribution in [3.63, 3.8) is 0 Å². The van der Waals surface area contributed by atoms with Gasteiger partial charge in [-0.3, -0.25) is 4.68 Å². The highest BCUT2D eigenvalue weighted by atomic mass is 16.4. The van der Waals surface area contributed by atoms with Gasteiger partial charge in [0, 0.05) is 13.2 Å². The Labute approximate surface area is 101 Å². The van der Waals surface area contributed by atoms with Crippen molar-refractivity contribution < 1.29 is 14.3 Å². The van der Waals surface area contributed by atoms with Gasteiger partial charge >= 0.3 is 5.97 Å². The van der Waals surface area contributed by atoms with Gasteiger partial charge in [0.15, 0.2) is 5.58 Å². The number of fused-ring (bicyclic) bond motifs is 1. The number of aromatic carboxylic acids is 1. The van der Waals surface area contributed by atoms with E-state index in [4.69, 9.17) is 9.52 Å². The lowest BCUT2D eigenvalue weighted by atomic mass is 10.2. The number of hydrogen-bond acceptors (Lipinski definition) is 4. The van der Waals surface area contributed by atoms with Gasteiger partial charge in [0.05, 0.1) is 5.56 Å². The minimum atomic E-state index is -0.990. The van der Waals surface area contributed by atoms with E-state index in [1.807, 2.05) is 0 Å². The topological polar surface area (TPSA) is 81.2 Å². The van der Waals surface area contributed by atoms with E-state index in [1.165, 1.54) is 12.1 Å². The van der Waals surface area contributed by atoms with Gasteiger partial charge in [0.2, 0.25) is 5.89 Å². The average Bonchev–Trinajstić information content (AvgIpc) is 2.92. The van der Waals surface area contributed by atoms with Crippen molar-refractivity contribution >= 4 is 17.1 Å². The van der Waals surface area contributed by atoms with E-state index < -0.39 is 5.97 Å². The van der Waals surface area contributed by atoms with Gasteiger partial charge < -0.3 is 9.52 Å². The van der Waals surface area contributed by atoms with E-state index in [9.17, 15) is 4.79 Å². The minimum absolute atomic E-state index is 0.176. The van der Waals surface area contributed by atoms with Crippen LogP contribution < -0.4 is 0 Å². The smallest absolute Gasteiger partial charge is 0.335 e. The predicted octanol–water partition coefficient (Wildman–Crippen LogP) is 1.93. The standard InChI is InChI=1S/C12H9N3O3/c1-15-9(4-5-13-15)11-14-8-3-2-7(12(16)17)6-10(8)18-11/h2-6H,1H3,(H,16,17). The maximum Gasteiger partial charge on any atom is 0.335 e. The molecule has 2 aromatic heterocycles. The zero-order valence-corrected chi connectivity index (χ0v) is 9.49. The highest BCUT2D eigenvalue weighted by molar-refractivity contribution is 5.92. The fourth-order valence-electron chi connectivity index (χ4n) is 1.75. The number of aryl methyl sites for hydroxylation is 1. The zero-order chi connectivity index (χ0) is 12.7. The molecule has 3 aromatic rings. The predicted molar refractivity (Wildman–Crippen MR) is 63.2 cm³/mol. The molecule has 90 valence electrons. The third kappa shape index (κ3) is 1.55. The number of carboxylic acids is 1. The monoisotopic (exact) mass is 243 g/mol. The van der Waals surface area contributed by atoms with E-state index in [-0.39, 0.29) is 5.56 Å². The zero-order valence-electron chi connectivity index (χ0n) is 9.49. The molecule has 18 heavy (non-hydrogen) atoms. The van der Waals surface area contributed by atoms with Gasteiger partial charge in [0.1, 0.15) is 11.2 Å². The second kappa shape index (κ2) is 3.69. The molecule has 0 saturated carbocycles. The third-order valence-electron chi connectivity index (χ3n) is 2.68. The second-order valence-electron chi connectivity index (χ2n) is 3.85. The van der Waals surface area contributed by atoms with Gasteiger partial charge in [-0.05, 0) is 24.3 Å². The molecule has 0 bridgehead atoms. The van der Waals surface area contributed by atoms with Crippen LogP contribution in [0.1, 0.15) is 10.4 Å². The molecule has 1 N–H and O–H groups in total. The molecule has 0 saturated heterocycles. The SMILES string of the molecule is Cn1nccc1-c1nc2ccc(C(=O)O)cc2o1. The molecular weight excluding hydrogens is 234 g/mol. The van der Waals surface area contributed by atoms with Gasteiger partial charge in [-0.2, -0.15) is 5.10 Å². The van der Waals surface area contributed by atoms with Crippen molar-refractivity contribution in [3.8, 4) is 11.6 Å². The Morgan fingerprint density at radius 2 is 2.22 bits per heavy atom. The van der Waals surface area contributed by atoms with Crippen LogP contribution in [0.2, 0.25) is 0 Å². The van der Waals surface area contributed by atoms with Crippen molar-refractivity contribution in [2.24, 2.45) is 7.05 Å². The molecule has 0 aliphatic heterocycles. The van der Waals surface area contributed by atoms with Gasteiger partial charge in [-0.1, -0.05) is 0 Å². The Kier molecular flexibility index (Phi) is 2.16. The third-order valence-corrected chi connectivity index (χ3v) is 2.68. The lowest BCUT2D eigenvalue weighted by molar-refractivity contribution is 0.0697. The summed E-state index contributed by atoms with van der Waals surface area (Å²) in [5.74, 6) is -0.567. The summed E-state index contributed by atoms with van der Waals surface area (Å²) in [5.41, 5.74) is 1.99. The summed E-state index contributed by atoms with van der Waals surface area (Å²) < 4.78 is 7.19. The molecule has 6 heteroatoms. The van der Waals surface area contributed by atoms with Crippen molar-refractivity contribution in [1.29, 1.82) is 0 Å². The molecule has 0 spiro atoms. The lowest BCUT2D eigenvalue weighted by Gasteiger charge is -1.94. The van der Waals surface area contributed by atoms with Crippen LogP contribution in [-0.4, -0.2) is 25.8 Å². The molecule has 0 radical (unpaired) electrons. The summed E-state index contributed by atoms with van der Waals surface area (Å²) in [4.78, 5) is 15.2. The van der Waals surface area contributed by atoms with E-state index in [2.05, 4.69) is 10.1 Å². The Morgan fingerprint density at radius 1 is 1.39 bits per heavy atom. The number of carboxylic acid groups (broad SMARTS) is 1. The minimum Gasteiger partial charge on any atom is -0.478 e. The van der Waals surface area contributed by atoms with Crippen LogP contribution in [0.3, 0.4) is 0 Å². The first-order valence-corrected chi connectivity index (χ1v) is 5.27. The number of oxazole rings is 1. The van der Waals surface area contributed by atoms with Crippen molar-refractivity contribution in [2.75, 3.05) is 0 Å². The van der Waals surface area contributed by atoms with E-state index in [0.717, 1.165) is 5.69 Å². The molecule has 0 unspecified atom stereocenters. The average molecular weight is 243 g/mol. The Bertz CT molecular complexity index is 742. The van der Waals surface area contributed by atoms with Gasteiger partial charge in [-0.25, -0.2) is 9.78 Å². The van der Waals surface area contributed by atoms with Crippen LogP contribution in [0.5, 0.6) is 0 Å². The first-order chi connectivity index (χ1) is 8.65. The summed E-state index contributed by atoms with van der Waals surface area (Å²) in [7, 11) is 1.78. The highest BCUT2D eigenvalue weighted by Gasteiger charge is 2.13. The van der Waals surface area contributed by atoms with E-state index in [1.54, 1.807) is 30.1 Å². The quantitative estimate of drug-likeness (QED) is 0.743. The van der Waals surface area contributed by atoms with E-state index in [0.29, 0.717) is 17.0 Å². The number of hydrogen-bond donors (Lipinski definition) is 1. The molecule has 2 heterocycles. The lowest BCUT2D eigenvalue weighted by Crippen LogP contribution is -1.94. The number of carbonyl (C=O) groups is 1. The Hall–Kier alpha value is -2.63. The molecular formula is C12H9N3O3. The van der Waals surface area contributed by atoms with Gasteiger partial charge in [-0.15, -0.1) is 0 Å².